The summed E-state index contributed by atoms with van der Waals surface area (Å²) in [6.07, 6.45) is 0. The lowest BCUT2D eigenvalue weighted by atomic mass is 9.95. The molecular weight excluding hydrogens is 376 g/mol. The molecule has 0 radical (unpaired) electrons. The first-order valence-electron chi connectivity index (χ1n) is 10.1. The van der Waals surface area contributed by atoms with E-state index in [1.807, 2.05) is 50.2 Å². The van der Waals surface area contributed by atoms with E-state index in [2.05, 4.69) is 5.32 Å². The summed E-state index contributed by atoms with van der Waals surface area (Å²) < 4.78 is 1.50. The third-order valence-corrected chi connectivity index (χ3v) is 4.87. The highest BCUT2D eigenvalue weighted by atomic mass is 16.2. The second kappa shape index (κ2) is 8.91. The zero-order valence-electron chi connectivity index (χ0n) is 17.7. The molecule has 1 N–H and O–H groups in total. The number of carbonyl (C=O) groups excluding carboxylic acids is 2. The Morgan fingerprint density at radius 3 is 1.93 bits per heavy atom. The molecule has 2 aromatic carbocycles. The van der Waals surface area contributed by atoms with Gasteiger partial charge in [-0.05, 0) is 36.2 Å². The zero-order valence-corrected chi connectivity index (χ0v) is 17.7. The van der Waals surface area contributed by atoms with E-state index in [9.17, 15) is 14.4 Å². The first-order chi connectivity index (χ1) is 14.3. The molecule has 0 spiro atoms. The Balaban J connectivity index is 2.29. The molecule has 0 saturated carbocycles. The van der Waals surface area contributed by atoms with Gasteiger partial charge in [-0.25, -0.2) is 0 Å². The van der Waals surface area contributed by atoms with Crippen molar-refractivity contribution in [1.82, 2.24) is 4.57 Å². The molecule has 0 fully saturated rings. The van der Waals surface area contributed by atoms with Gasteiger partial charge in [-0.3, -0.25) is 19.0 Å². The van der Waals surface area contributed by atoms with Crippen molar-refractivity contribution in [1.29, 1.82) is 0 Å². The number of amides is 1. The van der Waals surface area contributed by atoms with Crippen LogP contribution in [0.2, 0.25) is 0 Å². The summed E-state index contributed by atoms with van der Waals surface area (Å²) in [6.45, 7) is 7.35. The number of nitrogens with zero attached hydrogens (tertiary/aromatic N) is 1. The lowest BCUT2D eigenvalue weighted by Gasteiger charge is -2.21. The first-order valence-corrected chi connectivity index (χ1v) is 10.1. The van der Waals surface area contributed by atoms with Gasteiger partial charge < -0.3 is 5.32 Å². The molecule has 1 amide bonds. The summed E-state index contributed by atoms with van der Waals surface area (Å²) in [5, 5.41) is 2.88. The molecule has 1 aromatic heterocycles. The topological polar surface area (TPSA) is 68.2 Å². The summed E-state index contributed by atoms with van der Waals surface area (Å²) in [7, 11) is 0. The Bertz CT molecular complexity index is 1110. The molecule has 0 bridgehead atoms. The molecule has 5 nitrogen and oxygen atoms in total. The highest BCUT2D eigenvalue weighted by Crippen LogP contribution is 2.24. The zero-order chi connectivity index (χ0) is 21.8. The highest BCUT2D eigenvalue weighted by molar-refractivity contribution is 6.07. The van der Waals surface area contributed by atoms with Crippen LogP contribution in [0.15, 0.2) is 71.5 Å². The summed E-state index contributed by atoms with van der Waals surface area (Å²) in [4.78, 5) is 39.4. The number of Topliss-reactive ketones (excluding diaryl/α,β-unsaturated/α-hetero) is 1. The molecule has 0 aliphatic rings. The van der Waals surface area contributed by atoms with Gasteiger partial charge in [-0.15, -0.1) is 0 Å². The van der Waals surface area contributed by atoms with Crippen LogP contribution in [0.3, 0.4) is 0 Å². The van der Waals surface area contributed by atoms with Crippen molar-refractivity contribution < 1.29 is 9.59 Å². The lowest BCUT2D eigenvalue weighted by molar-refractivity contribution is 0.0937. The Hall–Kier alpha value is -3.47. The second-order valence-corrected chi connectivity index (χ2v) is 7.83. The third-order valence-electron chi connectivity index (χ3n) is 4.87. The number of hydrogen-bond acceptors (Lipinski definition) is 3. The number of carbonyl (C=O) groups is 2. The summed E-state index contributed by atoms with van der Waals surface area (Å²) in [6, 6.07) is 19.7. The molecule has 30 heavy (non-hydrogen) atoms. The predicted octanol–water partition coefficient (Wildman–Crippen LogP) is 5.05. The first kappa shape index (κ1) is 21.2. The van der Waals surface area contributed by atoms with Crippen molar-refractivity contribution in [2.24, 2.45) is 5.92 Å². The van der Waals surface area contributed by atoms with Crippen molar-refractivity contribution in [3.63, 3.8) is 0 Å². The van der Waals surface area contributed by atoms with Gasteiger partial charge in [-0.1, -0.05) is 64.1 Å². The largest absolute Gasteiger partial charge is 0.322 e. The van der Waals surface area contributed by atoms with E-state index in [0.717, 1.165) is 0 Å². The number of pyridine rings is 1. The van der Waals surface area contributed by atoms with E-state index in [-0.39, 0.29) is 29.1 Å². The smallest absolute Gasteiger partial charge is 0.266 e. The molecule has 0 atom stereocenters. The van der Waals surface area contributed by atoms with Crippen molar-refractivity contribution in [2.75, 3.05) is 5.32 Å². The van der Waals surface area contributed by atoms with Gasteiger partial charge in [0.15, 0.2) is 5.78 Å². The maximum atomic E-state index is 13.4. The fraction of sp³-hybridized carbons (Fsp3) is 0.240. The Morgan fingerprint density at radius 1 is 0.833 bits per heavy atom. The number of ketones is 1. The van der Waals surface area contributed by atoms with Gasteiger partial charge in [0.1, 0.15) is 0 Å². The fourth-order valence-corrected chi connectivity index (χ4v) is 3.42. The molecule has 154 valence electrons. The van der Waals surface area contributed by atoms with Crippen LogP contribution >= 0.6 is 0 Å². The van der Waals surface area contributed by atoms with Crippen LogP contribution in [0.1, 0.15) is 60.0 Å². The third kappa shape index (κ3) is 4.25. The predicted molar refractivity (Wildman–Crippen MR) is 120 cm³/mol. The average molecular weight is 402 g/mol. The van der Waals surface area contributed by atoms with Crippen LogP contribution in [0.5, 0.6) is 0 Å². The van der Waals surface area contributed by atoms with E-state index >= 15 is 0 Å². The van der Waals surface area contributed by atoms with Gasteiger partial charge in [0.25, 0.3) is 11.5 Å². The fourth-order valence-electron chi connectivity index (χ4n) is 3.42. The number of nitrogens with one attached hydrogen (secondary N) is 1. The summed E-state index contributed by atoms with van der Waals surface area (Å²) in [5.41, 5.74) is 1.78. The second-order valence-electron chi connectivity index (χ2n) is 7.83. The van der Waals surface area contributed by atoms with Crippen molar-refractivity contribution >= 4 is 17.4 Å². The number of anilines is 1. The van der Waals surface area contributed by atoms with Crippen LogP contribution in [0.25, 0.3) is 5.69 Å². The molecule has 1 heterocycles. The number of aromatic nitrogens is 1. The van der Waals surface area contributed by atoms with Crippen molar-refractivity contribution in [3.05, 3.63) is 93.9 Å². The Kier molecular flexibility index (Phi) is 6.31. The van der Waals surface area contributed by atoms with E-state index in [4.69, 9.17) is 0 Å². The monoisotopic (exact) mass is 402 g/mol. The van der Waals surface area contributed by atoms with Gasteiger partial charge in [0.2, 0.25) is 0 Å². The van der Waals surface area contributed by atoms with Crippen molar-refractivity contribution in [2.45, 2.75) is 33.6 Å². The lowest BCUT2D eigenvalue weighted by Crippen LogP contribution is -2.33. The standard InChI is InChI=1S/C25H26N2O3/c1-16(2)22-20(24(29)26-18-11-7-5-8-12-18)15-21(23(28)17(3)4)25(30)27(22)19-13-9-6-10-14-19/h5-17H,1-4H3,(H,26,29). The molecule has 5 heteroatoms. The summed E-state index contributed by atoms with van der Waals surface area (Å²) >= 11 is 0. The molecule has 0 unspecified atom stereocenters. The number of rotatable bonds is 6. The van der Waals surface area contributed by atoms with E-state index < -0.39 is 5.56 Å². The molecule has 3 rings (SSSR count). The van der Waals surface area contributed by atoms with Crippen molar-refractivity contribution in [3.8, 4) is 5.69 Å². The molecule has 3 aromatic rings. The van der Waals surface area contributed by atoms with Gasteiger partial charge in [-0.2, -0.15) is 0 Å². The normalized spacial score (nSPS) is 11.0. The Morgan fingerprint density at radius 2 is 1.40 bits per heavy atom. The van der Waals surface area contributed by atoms with Crippen LogP contribution in [-0.2, 0) is 0 Å². The van der Waals surface area contributed by atoms with Gasteiger partial charge >= 0.3 is 0 Å². The Labute approximate surface area is 176 Å². The maximum Gasteiger partial charge on any atom is 0.266 e. The van der Waals surface area contributed by atoms with E-state index in [1.54, 1.807) is 38.1 Å². The minimum atomic E-state index is -0.403. The molecule has 0 aliphatic carbocycles. The van der Waals surface area contributed by atoms with Gasteiger partial charge in [0, 0.05) is 23.0 Å². The maximum absolute atomic E-state index is 13.4. The average Bonchev–Trinajstić information content (AvgIpc) is 2.73. The minimum Gasteiger partial charge on any atom is -0.322 e. The molecule has 0 saturated heterocycles. The molecular formula is C25H26N2O3. The number of para-hydroxylation sites is 2. The minimum absolute atomic E-state index is 0.0245. The van der Waals surface area contributed by atoms with Crippen LogP contribution in [-0.4, -0.2) is 16.3 Å². The van der Waals surface area contributed by atoms with E-state index in [1.165, 1.54) is 10.6 Å². The van der Waals surface area contributed by atoms with E-state index in [0.29, 0.717) is 22.6 Å². The SMILES string of the molecule is CC(C)C(=O)c1cc(C(=O)Nc2ccccc2)c(C(C)C)n(-c2ccccc2)c1=O. The number of hydrogen-bond donors (Lipinski definition) is 1. The quantitative estimate of drug-likeness (QED) is 0.587. The van der Waals surface area contributed by atoms with Crippen LogP contribution < -0.4 is 10.9 Å². The highest BCUT2D eigenvalue weighted by Gasteiger charge is 2.26. The van der Waals surface area contributed by atoms with Crippen LogP contribution in [0.4, 0.5) is 5.69 Å². The molecule has 0 aliphatic heterocycles. The summed E-state index contributed by atoms with van der Waals surface area (Å²) in [5.74, 6) is -1.13. The number of benzene rings is 2. The van der Waals surface area contributed by atoms with Gasteiger partial charge in [0.05, 0.1) is 11.1 Å². The van der Waals surface area contributed by atoms with Crippen LogP contribution in [0, 0.1) is 5.92 Å².